The van der Waals surface area contributed by atoms with E-state index < -0.39 is 13.2 Å². The molecule has 0 aliphatic carbocycles. The van der Waals surface area contributed by atoms with Gasteiger partial charge in [0.25, 0.3) is 0 Å². The van der Waals surface area contributed by atoms with Crippen molar-refractivity contribution in [3.63, 3.8) is 0 Å². The van der Waals surface area contributed by atoms with Crippen LogP contribution < -0.4 is 5.73 Å². The van der Waals surface area contributed by atoms with Gasteiger partial charge in [-0.2, -0.15) is 0 Å². The first kappa shape index (κ1) is 11.4. The Morgan fingerprint density at radius 2 is 2.00 bits per heavy atom. The van der Waals surface area contributed by atoms with E-state index in [1.54, 1.807) is 12.1 Å². The lowest BCUT2D eigenvalue weighted by Gasteiger charge is -2.18. The van der Waals surface area contributed by atoms with E-state index >= 15 is 0 Å². The van der Waals surface area contributed by atoms with Crippen molar-refractivity contribution in [3.8, 4) is 0 Å². The highest BCUT2D eigenvalue weighted by Crippen LogP contribution is 2.52. The van der Waals surface area contributed by atoms with Crippen molar-refractivity contribution in [3.05, 3.63) is 35.9 Å². The first-order valence-corrected chi connectivity index (χ1v) is 6.61. The molecule has 0 spiro atoms. The Bertz CT molecular complexity index is 326. The Morgan fingerprint density at radius 1 is 1.43 bits per heavy atom. The van der Waals surface area contributed by atoms with Crippen LogP contribution in [0.25, 0.3) is 0 Å². The van der Waals surface area contributed by atoms with Gasteiger partial charge in [-0.3, -0.25) is 4.57 Å². The third-order valence-corrected chi connectivity index (χ3v) is 4.38. The third kappa shape index (κ3) is 2.68. The van der Waals surface area contributed by atoms with Crippen LogP contribution in [0, 0.1) is 0 Å². The summed E-state index contributed by atoms with van der Waals surface area (Å²) < 4.78 is 11.7. The van der Waals surface area contributed by atoms with Gasteiger partial charge in [-0.05, 0) is 12.0 Å². The summed E-state index contributed by atoms with van der Waals surface area (Å²) in [4.78, 5) is 9.67. The molecule has 1 aromatic rings. The number of hydrogen-bond donors (Lipinski definition) is 2. The molecule has 78 valence electrons. The summed E-state index contributed by atoms with van der Waals surface area (Å²) in [5, 5.41) is 0. The lowest BCUT2D eigenvalue weighted by molar-refractivity contribution is 0.464. The molecule has 0 saturated heterocycles. The van der Waals surface area contributed by atoms with Crippen LogP contribution in [0.1, 0.15) is 24.7 Å². The Morgan fingerprint density at radius 3 is 2.50 bits per heavy atom. The van der Waals surface area contributed by atoms with Crippen molar-refractivity contribution in [1.29, 1.82) is 0 Å². The zero-order valence-electron chi connectivity index (χ0n) is 8.26. The molecule has 14 heavy (non-hydrogen) atoms. The minimum absolute atomic E-state index is 0.281. The molecule has 0 aliphatic heterocycles. The fourth-order valence-electron chi connectivity index (χ4n) is 1.34. The van der Waals surface area contributed by atoms with Crippen molar-refractivity contribution in [1.82, 2.24) is 0 Å². The molecule has 1 rings (SSSR count). The lowest BCUT2D eigenvalue weighted by atomic mass is 10.2. The SMILES string of the molecule is CCCP(=O)(O)[C@@H](N)c1ccccc1. The van der Waals surface area contributed by atoms with Crippen molar-refractivity contribution in [2.45, 2.75) is 19.1 Å². The molecule has 4 heteroatoms. The van der Waals surface area contributed by atoms with Gasteiger partial charge in [0, 0.05) is 6.16 Å². The topological polar surface area (TPSA) is 63.3 Å². The standard InChI is InChI=1S/C10H16NO2P/c1-2-8-14(12,13)10(11)9-6-4-3-5-7-9/h3-7,10H,2,8,11H2,1H3,(H,12,13)/t10-/m1/s1. The van der Waals surface area contributed by atoms with Crippen LogP contribution in [0.2, 0.25) is 0 Å². The Hall–Kier alpha value is -0.630. The molecule has 0 amide bonds. The third-order valence-electron chi connectivity index (χ3n) is 2.12. The summed E-state index contributed by atoms with van der Waals surface area (Å²) in [5.41, 5.74) is 6.47. The summed E-state index contributed by atoms with van der Waals surface area (Å²) in [6, 6.07) is 9.06. The molecular formula is C10H16NO2P. The van der Waals surface area contributed by atoms with Crippen LogP contribution in [-0.2, 0) is 4.57 Å². The monoisotopic (exact) mass is 213 g/mol. The maximum Gasteiger partial charge on any atom is 0.221 e. The van der Waals surface area contributed by atoms with Crippen molar-refractivity contribution >= 4 is 7.37 Å². The summed E-state index contributed by atoms with van der Waals surface area (Å²) in [7, 11) is -3.23. The normalized spacial score (nSPS) is 17.4. The highest BCUT2D eigenvalue weighted by molar-refractivity contribution is 7.58. The largest absolute Gasteiger partial charge is 0.343 e. The van der Waals surface area contributed by atoms with E-state index in [0.29, 0.717) is 6.42 Å². The molecule has 0 aliphatic rings. The Kier molecular flexibility index (Phi) is 3.87. The average Bonchev–Trinajstić information content (AvgIpc) is 2.18. The molecule has 0 saturated carbocycles. The van der Waals surface area contributed by atoms with Gasteiger partial charge in [0.2, 0.25) is 7.37 Å². The first-order chi connectivity index (χ1) is 6.58. The van der Waals surface area contributed by atoms with Gasteiger partial charge >= 0.3 is 0 Å². The molecule has 0 heterocycles. The molecule has 1 aromatic carbocycles. The zero-order valence-corrected chi connectivity index (χ0v) is 9.15. The van der Waals surface area contributed by atoms with E-state index in [2.05, 4.69) is 0 Å². The molecule has 3 nitrogen and oxygen atoms in total. The molecule has 0 bridgehead atoms. The van der Waals surface area contributed by atoms with Crippen LogP contribution in [0.4, 0.5) is 0 Å². The second kappa shape index (κ2) is 4.74. The first-order valence-electron chi connectivity index (χ1n) is 4.70. The van der Waals surface area contributed by atoms with Crippen LogP contribution >= 0.6 is 7.37 Å². The molecular weight excluding hydrogens is 197 g/mol. The quantitative estimate of drug-likeness (QED) is 0.754. The van der Waals surface area contributed by atoms with Gasteiger partial charge in [-0.15, -0.1) is 0 Å². The molecule has 0 aromatic heterocycles. The number of benzene rings is 1. The van der Waals surface area contributed by atoms with Crippen LogP contribution in [0.15, 0.2) is 30.3 Å². The molecule has 0 fully saturated rings. The number of nitrogens with two attached hydrogens (primary N) is 1. The van der Waals surface area contributed by atoms with Gasteiger partial charge in [-0.25, -0.2) is 0 Å². The highest BCUT2D eigenvalue weighted by atomic mass is 31.2. The summed E-state index contributed by atoms with van der Waals surface area (Å²) in [6.07, 6.45) is 0.956. The second-order valence-corrected chi connectivity index (χ2v) is 5.85. The lowest BCUT2D eigenvalue weighted by Crippen LogP contribution is -2.12. The van der Waals surface area contributed by atoms with Crippen molar-refractivity contribution in [2.24, 2.45) is 5.73 Å². The van der Waals surface area contributed by atoms with E-state index in [4.69, 9.17) is 5.73 Å². The average molecular weight is 213 g/mol. The van der Waals surface area contributed by atoms with Gasteiger partial charge in [0.1, 0.15) is 5.78 Å². The van der Waals surface area contributed by atoms with Crippen LogP contribution in [0.3, 0.4) is 0 Å². The minimum Gasteiger partial charge on any atom is -0.343 e. The fourth-order valence-corrected chi connectivity index (χ4v) is 2.90. The van der Waals surface area contributed by atoms with Gasteiger partial charge in [-0.1, -0.05) is 37.3 Å². The molecule has 0 radical (unpaired) electrons. The smallest absolute Gasteiger partial charge is 0.221 e. The zero-order chi connectivity index (χ0) is 10.6. The predicted octanol–water partition coefficient (Wildman–Crippen LogP) is 2.32. The second-order valence-electron chi connectivity index (χ2n) is 3.33. The molecule has 3 N–H and O–H groups in total. The summed E-state index contributed by atoms with van der Waals surface area (Å²) in [5.74, 6) is -0.747. The number of rotatable bonds is 4. The van der Waals surface area contributed by atoms with E-state index in [1.807, 2.05) is 25.1 Å². The van der Waals surface area contributed by atoms with Crippen molar-refractivity contribution in [2.75, 3.05) is 6.16 Å². The van der Waals surface area contributed by atoms with Crippen LogP contribution in [0.5, 0.6) is 0 Å². The molecule has 2 atom stereocenters. The number of hydrogen-bond acceptors (Lipinski definition) is 2. The Balaban J connectivity index is 2.85. The van der Waals surface area contributed by atoms with E-state index in [0.717, 1.165) is 5.56 Å². The van der Waals surface area contributed by atoms with Gasteiger partial charge in [0.15, 0.2) is 0 Å². The minimum atomic E-state index is -3.23. The van der Waals surface area contributed by atoms with E-state index in [9.17, 15) is 9.46 Å². The summed E-state index contributed by atoms with van der Waals surface area (Å²) in [6.45, 7) is 1.88. The predicted molar refractivity (Wildman–Crippen MR) is 58.4 cm³/mol. The summed E-state index contributed by atoms with van der Waals surface area (Å²) >= 11 is 0. The van der Waals surface area contributed by atoms with E-state index in [1.165, 1.54) is 0 Å². The highest BCUT2D eigenvalue weighted by Gasteiger charge is 2.27. The Labute approximate surface area is 84.4 Å². The van der Waals surface area contributed by atoms with Crippen molar-refractivity contribution < 1.29 is 9.46 Å². The maximum atomic E-state index is 11.7. The van der Waals surface area contributed by atoms with E-state index in [-0.39, 0.29) is 6.16 Å². The maximum absolute atomic E-state index is 11.7. The fraction of sp³-hybridized carbons (Fsp3) is 0.400. The van der Waals surface area contributed by atoms with Crippen LogP contribution in [-0.4, -0.2) is 11.1 Å². The van der Waals surface area contributed by atoms with Gasteiger partial charge < -0.3 is 10.6 Å². The molecule has 1 unspecified atom stereocenters. The van der Waals surface area contributed by atoms with Gasteiger partial charge in [0.05, 0.1) is 0 Å².